The first-order valence-corrected chi connectivity index (χ1v) is 10.2. The Kier molecular flexibility index (Phi) is 5.59. The van der Waals surface area contributed by atoms with Gasteiger partial charge < -0.3 is 15.6 Å². The van der Waals surface area contributed by atoms with Gasteiger partial charge in [-0.25, -0.2) is 4.98 Å². The van der Waals surface area contributed by atoms with Crippen molar-refractivity contribution in [3.63, 3.8) is 0 Å². The van der Waals surface area contributed by atoms with Crippen LogP contribution in [-0.2, 0) is 6.42 Å². The third kappa shape index (κ3) is 4.31. The summed E-state index contributed by atoms with van der Waals surface area (Å²) in [5.41, 5.74) is 2.86. The first-order chi connectivity index (χ1) is 14.1. The fourth-order valence-corrected chi connectivity index (χ4v) is 3.95. The number of aryl methyl sites for hydroxylation is 1. The lowest BCUT2D eigenvalue weighted by atomic mass is 9.86. The van der Waals surface area contributed by atoms with Crippen molar-refractivity contribution in [2.45, 2.75) is 45.1 Å². The molecule has 3 aromatic rings. The fourth-order valence-electron chi connectivity index (χ4n) is 3.95. The van der Waals surface area contributed by atoms with Crippen LogP contribution in [0.4, 0.5) is 0 Å². The third-order valence-electron chi connectivity index (χ3n) is 5.72. The van der Waals surface area contributed by atoms with E-state index in [-0.39, 0.29) is 17.9 Å². The van der Waals surface area contributed by atoms with Crippen LogP contribution in [0.5, 0.6) is 0 Å². The molecule has 1 aliphatic rings. The maximum absolute atomic E-state index is 12.4. The normalized spacial score (nSPS) is 19.2. The lowest BCUT2D eigenvalue weighted by molar-refractivity contribution is 0.0914. The monoisotopic (exact) mass is 394 g/mol. The number of H-pyrrole nitrogens is 2. The first-order valence-electron chi connectivity index (χ1n) is 10.2. The molecule has 0 aromatic carbocycles. The molecule has 0 aliphatic heterocycles. The lowest BCUT2D eigenvalue weighted by Crippen LogP contribution is -2.40. The number of hydrogen-bond acceptors (Lipinski definition) is 4. The molecule has 4 N–H and O–H groups in total. The van der Waals surface area contributed by atoms with Gasteiger partial charge in [-0.1, -0.05) is 6.92 Å². The molecular weight excluding hydrogens is 368 g/mol. The molecule has 152 valence electrons. The molecule has 0 unspecified atom stereocenters. The van der Waals surface area contributed by atoms with Gasteiger partial charge in [0.1, 0.15) is 11.3 Å². The fraction of sp³-hybridized carbons (Fsp3) is 0.429. The molecule has 8 nitrogen and oxygen atoms in total. The Morgan fingerprint density at radius 2 is 2.00 bits per heavy atom. The van der Waals surface area contributed by atoms with Crippen molar-refractivity contribution >= 4 is 22.8 Å². The highest BCUT2D eigenvalue weighted by atomic mass is 16.2. The van der Waals surface area contributed by atoms with E-state index in [2.05, 4.69) is 30.8 Å². The number of amides is 2. The van der Waals surface area contributed by atoms with Gasteiger partial charge in [-0.2, -0.15) is 5.10 Å². The maximum atomic E-state index is 12.4. The van der Waals surface area contributed by atoms with Crippen LogP contribution in [0.2, 0.25) is 0 Å². The summed E-state index contributed by atoms with van der Waals surface area (Å²) in [5.74, 6) is 0.250. The SMILES string of the molecule is CCc1cn[nH]c1C(=O)NC1CCC(CNC(=O)c2cnc3[nH]ccc3c2)CC1. The van der Waals surface area contributed by atoms with Crippen LogP contribution in [0.15, 0.2) is 30.7 Å². The molecule has 1 saturated carbocycles. The molecule has 8 heteroatoms. The number of aromatic amines is 2. The van der Waals surface area contributed by atoms with Crippen molar-refractivity contribution in [1.82, 2.24) is 30.8 Å². The van der Waals surface area contributed by atoms with Crippen LogP contribution >= 0.6 is 0 Å². The zero-order valence-electron chi connectivity index (χ0n) is 16.5. The number of rotatable bonds is 6. The predicted molar refractivity (Wildman–Crippen MR) is 110 cm³/mol. The molecule has 0 bridgehead atoms. The van der Waals surface area contributed by atoms with Crippen LogP contribution in [0.25, 0.3) is 11.0 Å². The number of nitrogens with zero attached hydrogens (tertiary/aromatic N) is 2. The topological polar surface area (TPSA) is 116 Å². The van der Waals surface area contributed by atoms with Crippen molar-refractivity contribution < 1.29 is 9.59 Å². The smallest absolute Gasteiger partial charge is 0.269 e. The molecule has 1 aliphatic carbocycles. The molecule has 0 atom stereocenters. The zero-order valence-corrected chi connectivity index (χ0v) is 16.5. The highest BCUT2D eigenvalue weighted by Crippen LogP contribution is 2.24. The lowest BCUT2D eigenvalue weighted by Gasteiger charge is -2.29. The quantitative estimate of drug-likeness (QED) is 0.514. The summed E-state index contributed by atoms with van der Waals surface area (Å²) >= 11 is 0. The molecule has 0 spiro atoms. The summed E-state index contributed by atoms with van der Waals surface area (Å²) in [7, 11) is 0. The number of aromatic nitrogens is 4. The minimum absolute atomic E-state index is 0.0799. The molecule has 3 heterocycles. The number of fused-ring (bicyclic) bond motifs is 1. The second-order valence-corrected chi connectivity index (χ2v) is 7.66. The third-order valence-corrected chi connectivity index (χ3v) is 5.72. The Hall–Kier alpha value is -3.16. The average Bonchev–Trinajstić information content (AvgIpc) is 3.41. The van der Waals surface area contributed by atoms with E-state index in [1.54, 1.807) is 12.4 Å². The van der Waals surface area contributed by atoms with Crippen LogP contribution in [-0.4, -0.2) is 44.6 Å². The Morgan fingerprint density at radius 3 is 2.79 bits per heavy atom. The number of carbonyl (C=O) groups is 2. The van der Waals surface area contributed by atoms with Crippen molar-refractivity contribution in [1.29, 1.82) is 0 Å². The summed E-state index contributed by atoms with van der Waals surface area (Å²) < 4.78 is 0. The van der Waals surface area contributed by atoms with Crippen molar-refractivity contribution in [2.75, 3.05) is 6.54 Å². The molecule has 2 amide bonds. The van der Waals surface area contributed by atoms with Crippen molar-refractivity contribution in [3.05, 3.63) is 47.5 Å². The summed E-state index contributed by atoms with van der Waals surface area (Å²) in [6, 6.07) is 3.92. The minimum atomic E-state index is -0.0950. The van der Waals surface area contributed by atoms with E-state index in [1.807, 2.05) is 25.3 Å². The number of carbonyl (C=O) groups excluding carboxylic acids is 2. The summed E-state index contributed by atoms with van der Waals surface area (Å²) in [5, 5.41) is 13.8. The van der Waals surface area contributed by atoms with Crippen LogP contribution < -0.4 is 10.6 Å². The average molecular weight is 394 g/mol. The highest BCUT2D eigenvalue weighted by molar-refractivity contribution is 5.96. The predicted octanol–water partition coefficient (Wildman–Crippen LogP) is 2.57. The molecule has 4 rings (SSSR count). The summed E-state index contributed by atoms with van der Waals surface area (Å²) in [6.07, 6.45) is 9.67. The number of hydrogen-bond donors (Lipinski definition) is 4. The zero-order chi connectivity index (χ0) is 20.2. The van der Waals surface area contributed by atoms with Gasteiger partial charge in [0.2, 0.25) is 0 Å². The Labute approximate surface area is 168 Å². The molecular formula is C21H26N6O2. The Bertz CT molecular complexity index is 999. The van der Waals surface area contributed by atoms with Crippen LogP contribution in [0, 0.1) is 5.92 Å². The van der Waals surface area contributed by atoms with E-state index < -0.39 is 0 Å². The van der Waals surface area contributed by atoms with E-state index in [0.29, 0.717) is 23.7 Å². The molecule has 1 fully saturated rings. The van der Waals surface area contributed by atoms with Crippen LogP contribution in [0.3, 0.4) is 0 Å². The molecule has 3 aromatic heterocycles. The second kappa shape index (κ2) is 8.46. The minimum Gasteiger partial charge on any atom is -0.352 e. The van der Waals surface area contributed by atoms with Gasteiger partial charge in [-0.05, 0) is 50.2 Å². The van der Waals surface area contributed by atoms with Gasteiger partial charge in [0, 0.05) is 35.9 Å². The summed E-state index contributed by atoms with van der Waals surface area (Å²) in [4.78, 5) is 32.1. The highest BCUT2D eigenvalue weighted by Gasteiger charge is 2.24. The Balaban J connectivity index is 1.23. The molecule has 29 heavy (non-hydrogen) atoms. The van der Waals surface area contributed by atoms with E-state index in [9.17, 15) is 9.59 Å². The largest absolute Gasteiger partial charge is 0.352 e. The van der Waals surface area contributed by atoms with Gasteiger partial charge in [0.15, 0.2) is 0 Å². The maximum Gasteiger partial charge on any atom is 0.269 e. The van der Waals surface area contributed by atoms with Crippen molar-refractivity contribution in [2.24, 2.45) is 5.92 Å². The Morgan fingerprint density at radius 1 is 1.17 bits per heavy atom. The standard InChI is InChI=1S/C21H26N6O2/c1-2-14-12-25-27-18(14)21(29)26-17-5-3-13(4-6-17)10-24-20(28)16-9-15-7-8-22-19(15)23-11-16/h7-9,11-13,17H,2-6,10H2,1H3,(H,22,23)(H,24,28)(H,25,27)(H,26,29). The second-order valence-electron chi connectivity index (χ2n) is 7.66. The van der Waals surface area contributed by atoms with E-state index in [1.165, 1.54) is 0 Å². The number of nitrogens with one attached hydrogen (secondary N) is 4. The van der Waals surface area contributed by atoms with Gasteiger partial charge in [-0.15, -0.1) is 0 Å². The van der Waals surface area contributed by atoms with Crippen LogP contribution in [0.1, 0.15) is 59.0 Å². The summed E-state index contributed by atoms with van der Waals surface area (Å²) in [6.45, 7) is 2.65. The number of pyridine rings is 1. The van der Waals surface area contributed by atoms with Gasteiger partial charge in [-0.3, -0.25) is 14.7 Å². The van der Waals surface area contributed by atoms with E-state index >= 15 is 0 Å². The van der Waals surface area contributed by atoms with Gasteiger partial charge >= 0.3 is 0 Å². The molecule has 0 saturated heterocycles. The van der Waals surface area contributed by atoms with Gasteiger partial charge in [0.05, 0.1) is 11.8 Å². The van der Waals surface area contributed by atoms with Gasteiger partial charge in [0.25, 0.3) is 11.8 Å². The van der Waals surface area contributed by atoms with E-state index in [0.717, 1.165) is 48.7 Å². The van der Waals surface area contributed by atoms with Crippen molar-refractivity contribution in [3.8, 4) is 0 Å². The first kappa shape index (κ1) is 19.2. The molecule has 0 radical (unpaired) electrons. The van der Waals surface area contributed by atoms with E-state index in [4.69, 9.17) is 0 Å².